The number of hydrogen-bond donors (Lipinski definition) is 3. The van der Waals surface area contributed by atoms with E-state index in [0.717, 1.165) is 5.56 Å². The largest absolute Gasteiger partial charge is 0.497 e. The monoisotopic (exact) mass is 599 g/mol. The van der Waals surface area contributed by atoms with E-state index in [1.54, 1.807) is 54.6 Å². The number of ether oxygens (including phenoxy) is 1. The van der Waals surface area contributed by atoms with E-state index in [2.05, 4.69) is 10.0 Å². The minimum atomic E-state index is -4.58. The molecule has 3 aromatic rings. The molecular formula is C29H34FN5O6S. The summed E-state index contributed by atoms with van der Waals surface area (Å²) in [7, 11) is 1.38. The van der Waals surface area contributed by atoms with Gasteiger partial charge in [-0.1, -0.05) is 42.5 Å². The average Bonchev–Trinajstić information content (AvgIpc) is 2.96. The number of carbonyl (C=O) groups is 3. The number of likely N-dealkylation sites (N-methyl/N-ethyl adjacent to an activating group) is 2. The number of benzene rings is 3. The zero-order valence-electron chi connectivity index (χ0n) is 23.7. The Morgan fingerprint density at radius 1 is 0.810 bits per heavy atom. The molecule has 4 amide bonds. The molecule has 3 aromatic carbocycles. The Bertz CT molecular complexity index is 1470. The van der Waals surface area contributed by atoms with Gasteiger partial charge in [-0.15, -0.1) is 0 Å². The van der Waals surface area contributed by atoms with Gasteiger partial charge in [0.25, 0.3) is 0 Å². The molecule has 0 spiro atoms. The van der Waals surface area contributed by atoms with Crippen molar-refractivity contribution in [2.24, 2.45) is 0 Å². The van der Waals surface area contributed by atoms with Crippen LogP contribution in [0.5, 0.6) is 5.75 Å². The van der Waals surface area contributed by atoms with E-state index in [9.17, 15) is 27.2 Å². The van der Waals surface area contributed by atoms with E-state index < -0.39 is 46.0 Å². The van der Waals surface area contributed by atoms with Crippen LogP contribution in [0.2, 0.25) is 0 Å². The summed E-state index contributed by atoms with van der Waals surface area (Å²) in [5, 5.41) is 2.45. The van der Waals surface area contributed by atoms with Gasteiger partial charge in [-0.05, 0) is 53.9 Å². The van der Waals surface area contributed by atoms with Crippen molar-refractivity contribution in [3.63, 3.8) is 0 Å². The highest BCUT2D eigenvalue weighted by atomic mass is 32.2. The molecule has 0 aliphatic rings. The van der Waals surface area contributed by atoms with Crippen LogP contribution in [0.25, 0.3) is 0 Å². The van der Waals surface area contributed by atoms with Crippen LogP contribution in [0, 0.1) is 5.82 Å². The van der Waals surface area contributed by atoms with Crippen molar-refractivity contribution in [3.05, 3.63) is 95.8 Å². The van der Waals surface area contributed by atoms with Gasteiger partial charge in [0.2, 0.25) is 11.8 Å². The summed E-state index contributed by atoms with van der Waals surface area (Å²) in [4.78, 5) is 41.7. The molecule has 0 radical (unpaired) electrons. The maximum absolute atomic E-state index is 13.5. The van der Waals surface area contributed by atoms with E-state index in [1.807, 2.05) is 4.72 Å². The number of urea groups is 1. The van der Waals surface area contributed by atoms with E-state index in [0.29, 0.717) is 17.0 Å². The summed E-state index contributed by atoms with van der Waals surface area (Å²) in [5.41, 5.74) is 1.76. The van der Waals surface area contributed by atoms with Crippen LogP contribution in [-0.4, -0.2) is 71.5 Å². The van der Waals surface area contributed by atoms with E-state index in [1.165, 1.54) is 62.3 Å². The fraction of sp³-hybridized carbons (Fsp3) is 0.276. The van der Waals surface area contributed by atoms with Crippen molar-refractivity contribution >= 4 is 33.7 Å². The van der Waals surface area contributed by atoms with Crippen molar-refractivity contribution in [2.45, 2.75) is 24.9 Å². The molecule has 2 atom stereocenters. The third-order valence-corrected chi connectivity index (χ3v) is 7.34. The summed E-state index contributed by atoms with van der Waals surface area (Å²) in [6.07, 6.45) is -0.0189. The van der Waals surface area contributed by atoms with Gasteiger partial charge >= 0.3 is 16.2 Å². The first kappa shape index (κ1) is 32.0. The number of carbonyl (C=O) groups excluding carboxylic acids is 3. The molecule has 224 valence electrons. The lowest BCUT2D eigenvalue weighted by Gasteiger charge is -2.26. The number of anilines is 1. The standard InChI is InChI=1S/C29H34FN5O6S/c1-34(2)27(36)26(19-21-10-12-22(30)13-11-21)32-42(39,40)33-29(38)31-25(18-20-8-6-5-7-9-20)28(37)35(3)23-14-16-24(41-4)17-15-23/h5-17,25-26,32H,18-19H2,1-4H3,(H2,31,33,38)/t25?,26-/m0/s1. The predicted octanol–water partition coefficient (Wildman–Crippen LogP) is 2.24. The maximum Gasteiger partial charge on any atom is 0.330 e. The fourth-order valence-electron chi connectivity index (χ4n) is 4.09. The minimum Gasteiger partial charge on any atom is -0.497 e. The van der Waals surface area contributed by atoms with E-state index >= 15 is 0 Å². The fourth-order valence-corrected chi connectivity index (χ4v) is 5.01. The van der Waals surface area contributed by atoms with Crippen LogP contribution < -0.4 is 24.4 Å². The Balaban J connectivity index is 1.77. The Kier molecular flexibility index (Phi) is 11.0. The zero-order chi connectivity index (χ0) is 30.9. The number of nitrogens with zero attached hydrogens (tertiary/aromatic N) is 2. The third-order valence-electron chi connectivity index (χ3n) is 6.29. The molecule has 3 N–H and O–H groups in total. The van der Waals surface area contributed by atoms with Crippen molar-refractivity contribution in [1.82, 2.24) is 19.7 Å². The molecular weight excluding hydrogens is 565 g/mol. The quantitative estimate of drug-likeness (QED) is 0.292. The van der Waals surface area contributed by atoms with Gasteiger partial charge in [-0.2, -0.15) is 13.1 Å². The molecule has 0 saturated carbocycles. The van der Waals surface area contributed by atoms with Gasteiger partial charge in [0.15, 0.2) is 0 Å². The van der Waals surface area contributed by atoms with Crippen LogP contribution in [0.15, 0.2) is 78.9 Å². The summed E-state index contributed by atoms with van der Waals surface area (Å²) in [6, 6.07) is 17.3. The van der Waals surface area contributed by atoms with Crippen LogP contribution in [0.3, 0.4) is 0 Å². The lowest BCUT2D eigenvalue weighted by molar-refractivity contribution is -0.130. The maximum atomic E-state index is 13.5. The molecule has 0 fully saturated rings. The van der Waals surface area contributed by atoms with Gasteiger partial charge in [0.1, 0.15) is 23.7 Å². The zero-order valence-corrected chi connectivity index (χ0v) is 24.5. The molecule has 1 unspecified atom stereocenters. The summed E-state index contributed by atoms with van der Waals surface area (Å²) < 4.78 is 48.4. The SMILES string of the molecule is COc1ccc(N(C)C(=O)C(Cc2ccccc2)NC(=O)NS(=O)(=O)N[C@@H](Cc2ccc(F)cc2)C(=O)N(C)C)cc1. The number of halogens is 1. The van der Waals surface area contributed by atoms with E-state index in [4.69, 9.17) is 4.74 Å². The molecule has 0 bridgehead atoms. The van der Waals surface area contributed by atoms with Crippen LogP contribution in [-0.2, 0) is 32.6 Å². The molecule has 0 heterocycles. The van der Waals surface area contributed by atoms with Crippen molar-refractivity contribution < 1.29 is 31.9 Å². The topological polar surface area (TPSA) is 137 Å². The Morgan fingerprint density at radius 2 is 1.38 bits per heavy atom. The highest BCUT2D eigenvalue weighted by molar-refractivity contribution is 7.88. The first-order valence-corrected chi connectivity index (χ1v) is 14.4. The first-order valence-electron chi connectivity index (χ1n) is 12.9. The second-order valence-electron chi connectivity index (χ2n) is 9.65. The molecule has 3 rings (SSSR count). The lowest BCUT2D eigenvalue weighted by atomic mass is 10.0. The van der Waals surface area contributed by atoms with Crippen LogP contribution >= 0.6 is 0 Å². The molecule has 42 heavy (non-hydrogen) atoms. The number of methoxy groups -OCH3 is 1. The molecule has 13 heteroatoms. The molecule has 0 aromatic heterocycles. The van der Waals surface area contributed by atoms with Crippen molar-refractivity contribution in [2.75, 3.05) is 33.2 Å². The molecule has 11 nitrogen and oxygen atoms in total. The summed E-state index contributed by atoms with van der Waals surface area (Å²) >= 11 is 0. The van der Waals surface area contributed by atoms with Gasteiger partial charge in [0, 0.05) is 33.3 Å². The Hall–Kier alpha value is -4.49. The second kappa shape index (κ2) is 14.4. The van der Waals surface area contributed by atoms with Gasteiger partial charge < -0.3 is 19.9 Å². The van der Waals surface area contributed by atoms with Gasteiger partial charge in [-0.25, -0.2) is 13.9 Å². The highest BCUT2D eigenvalue weighted by Crippen LogP contribution is 2.19. The Labute approximate surface area is 244 Å². The number of nitrogens with one attached hydrogen (secondary N) is 3. The van der Waals surface area contributed by atoms with Crippen LogP contribution in [0.1, 0.15) is 11.1 Å². The number of rotatable bonds is 12. The summed E-state index contributed by atoms with van der Waals surface area (Å²) in [6.45, 7) is 0. The average molecular weight is 600 g/mol. The van der Waals surface area contributed by atoms with E-state index in [-0.39, 0.29) is 12.8 Å². The van der Waals surface area contributed by atoms with Crippen molar-refractivity contribution in [1.29, 1.82) is 0 Å². The van der Waals surface area contributed by atoms with Crippen molar-refractivity contribution in [3.8, 4) is 5.75 Å². The number of hydrogen-bond acceptors (Lipinski definition) is 6. The third kappa shape index (κ3) is 9.28. The summed E-state index contributed by atoms with van der Waals surface area (Å²) in [5.74, 6) is -0.962. The van der Waals surface area contributed by atoms with Crippen LogP contribution in [0.4, 0.5) is 14.9 Å². The lowest BCUT2D eigenvalue weighted by Crippen LogP contribution is -2.56. The van der Waals surface area contributed by atoms with Gasteiger partial charge in [-0.3, -0.25) is 9.59 Å². The first-order chi connectivity index (χ1) is 19.9. The van der Waals surface area contributed by atoms with Gasteiger partial charge in [0.05, 0.1) is 7.11 Å². The Morgan fingerprint density at radius 3 is 1.95 bits per heavy atom. The molecule has 0 aliphatic carbocycles. The molecule has 0 saturated heterocycles. The predicted molar refractivity (Wildman–Crippen MR) is 157 cm³/mol. The number of amides is 4. The minimum absolute atomic E-state index is 0.0768. The second-order valence-corrected chi connectivity index (χ2v) is 11.1. The molecule has 0 aliphatic heterocycles. The highest BCUT2D eigenvalue weighted by Gasteiger charge is 2.30. The smallest absolute Gasteiger partial charge is 0.330 e. The normalized spacial score (nSPS) is 12.5.